The number of alkyl halides is 5. The minimum Gasteiger partial charge on any atom is -0.461 e. The molecule has 1 aromatic heterocycles. The Labute approximate surface area is 189 Å². The third kappa shape index (κ3) is 5.32. The summed E-state index contributed by atoms with van der Waals surface area (Å²) in [6.07, 6.45) is -6.20. The number of carbonyl (C=O) groups excluding carboxylic acids is 3. The molecule has 0 spiro atoms. The van der Waals surface area contributed by atoms with Gasteiger partial charge in [0.15, 0.2) is 17.2 Å². The number of hydrogen-bond acceptors (Lipinski definition) is 6. The molecule has 180 valence electrons. The molecule has 0 unspecified atom stereocenters. The maximum absolute atomic E-state index is 14.5. The molecular formula is C20H18ClF5N2O5. The molecule has 13 heteroatoms. The van der Waals surface area contributed by atoms with Crippen LogP contribution in [0.3, 0.4) is 0 Å². The summed E-state index contributed by atoms with van der Waals surface area (Å²) >= 11 is 5.97. The zero-order chi connectivity index (χ0) is 25.1. The van der Waals surface area contributed by atoms with Crippen LogP contribution in [-0.2, 0) is 21.9 Å². The standard InChI is InChI=1S/C20H18ClF5N2O5/c1-4-32-17(30)15-14(19(22,23)20(24,25)26)16(18(31)33-5-2)28(27-15)9-13(29)11-7-6-10(3)12(21)8-11/h6-8H,4-5,9H2,1-3H3. The number of aromatic nitrogens is 2. The molecule has 2 aromatic rings. The van der Waals surface area contributed by atoms with Gasteiger partial charge < -0.3 is 9.47 Å². The minimum atomic E-state index is -6.20. The fourth-order valence-corrected chi connectivity index (χ4v) is 2.94. The minimum absolute atomic E-state index is 0.0299. The van der Waals surface area contributed by atoms with Crippen molar-refractivity contribution >= 4 is 29.3 Å². The van der Waals surface area contributed by atoms with Crippen molar-refractivity contribution in [1.82, 2.24) is 9.78 Å². The highest BCUT2D eigenvalue weighted by atomic mass is 35.5. The second kappa shape index (κ2) is 9.86. The molecule has 0 N–H and O–H groups in total. The first-order valence-corrected chi connectivity index (χ1v) is 9.83. The van der Waals surface area contributed by atoms with Gasteiger partial charge in [-0.05, 0) is 32.4 Å². The van der Waals surface area contributed by atoms with E-state index in [2.05, 4.69) is 14.6 Å². The van der Waals surface area contributed by atoms with Crippen molar-refractivity contribution in [3.8, 4) is 0 Å². The summed E-state index contributed by atoms with van der Waals surface area (Å²) in [6, 6.07) is 4.08. The molecule has 0 aliphatic rings. The van der Waals surface area contributed by atoms with E-state index in [-0.39, 0.29) is 21.9 Å². The number of ether oxygens (including phenoxy) is 2. The summed E-state index contributed by atoms with van der Waals surface area (Å²) < 4.78 is 78.0. The summed E-state index contributed by atoms with van der Waals surface area (Å²) in [5.74, 6) is -9.78. The monoisotopic (exact) mass is 496 g/mol. The lowest BCUT2D eigenvalue weighted by Crippen LogP contribution is -2.37. The molecule has 2 rings (SSSR count). The quantitative estimate of drug-likeness (QED) is 0.298. The number of halogens is 6. The van der Waals surface area contributed by atoms with E-state index in [0.717, 1.165) is 0 Å². The first-order chi connectivity index (χ1) is 15.3. The molecular weight excluding hydrogens is 479 g/mol. The topological polar surface area (TPSA) is 87.5 Å². The predicted molar refractivity (Wildman–Crippen MR) is 105 cm³/mol. The second-order valence-corrected chi connectivity index (χ2v) is 7.04. The lowest BCUT2D eigenvalue weighted by Gasteiger charge is -2.20. The number of ketones is 1. The average molecular weight is 497 g/mol. The van der Waals surface area contributed by atoms with Crippen LogP contribution < -0.4 is 0 Å². The van der Waals surface area contributed by atoms with Crippen molar-refractivity contribution in [2.24, 2.45) is 0 Å². The summed E-state index contributed by atoms with van der Waals surface area (Å²) in [7, 11) is 0. The Morgan fingerprint density at radius 3 is 2.12 bits per heavy atom. The Morgan fingerprint density at radius 1 is 1.03 bits per heavy atom. The van der Waals surface area contributed by atoms with Gasteiger partial charge in [0.05, 0.1) is 18.8 Å². The predicted octanol–water partition coefficient (Wildman–Crippen LogP) is 4.74. The highest BCUT2D eigenvalue weighted by Crippen LogP contribution is 2.46. The van der Waals surface area contributed by atoms with Gasteiger partial charge in [0.2, 0.25) is 0 Å². The van der Waals surface area contributed by atoms with Gasteiger partial charge in [-0.15, -0.1) is 0 Å². The smallest absolute Gasteiger partial charge is 0.458 e. The van der Waals surface area contributed by atoms with Crippen LogP contribution in [0.2, 0.25) is 5.02 Å². The van der Waals surface area contributed by atoms with Crippen molar-refractivity contribution < 1.29 is 45.8 Å². The normalized spacial score (nSPS) is 11.9. The van der Waals surface area contributed by atoms with Crippen LogP contribution in [-0.4, -0.2) is 46.9 Å². The molecule has 0 fully saturated rings. The molecule has 33 heavy (non-hydrogen) atoms. The Hall–Kier alpha value is -3.02. The number of carbonyl (C=O) groups is 3. The summed E-state index contributed by atoms with van der Waals surface area (Å²) in [6.45, 7) is 2.49. The van der Waals surface area contributed by atoms with Crippen LogP contribution in [0.25, 0.3) is 0 Å². The summed E-state index contributed by atoms with van der Waals surface area (Å²) in [5, 5.41) is 3.62. The van der Waals surface area contributed by atoms with Gasteiger partial charge in [-0.1, -0.05) is 23.7 Å². The van der Waals surface area contributed by atoms with E-state index in [1.807, 2.05) is 0 Å². The number of nitrogens with zero attached hydrogens (tertiary/aromatic N) is 2. The highest BCUT2D eigenvalue weighted by molar-refractivity contribution is 6.31. The Morgan fingerprint density at radius 2 is 1.61 bits per heavy atom. The molecule has 0 saturated carbocycles. The maximum atomic E-state index is 14.5. The van der Waals surface area contributed by atoms with Crippen molar-refractivity contribution in [3.63, 3.8) is 0 Å². The van der Waals surface area contributed by atoms with Crippen molar-refractivity contribution in [3.05, 3.63) is 51.3 Å². The van der Waals surface area contributed by atoms with Gasteiger partial charge in [-0.25, -0.2) is 14.3 Å². The molecule has 0 saturated heterocycles. The Kier molecular flexibility index (Phi) is 7.83. The number of Topliss-reactive ketones (excluding diaryl/α,β-unsaturated/α-hetero) is 1. The third-order valence-electron chi connectivity index (χ3n) is 4.35. The van der Waals surface area contributed by atoms with Crippen LogP contribution in [0.5, 0.6) is 0 Å². The van der Waals surface area contributed by atoms with Crippen LogP contribution in [0.1, 0.15) is 56.3 Å². The highest BCUT2D eigenvalue weighted by Gasteiger charge is 2.63. The second-order valence-electron chi connectivity index (χ2n) is 6.63. The van der Waals surface area contributed by atoms with Crippen LogP contribution in [0.4, 0.5) is 22.0 Å². The number of rotatable bonds is 8. The molecule has 0 radical (unpaired) electrons. The largest absolute Gasteiger partial charge is 0.461 e. The van der Waals surface area contributed by atoms with E-state index in [9.17, 15) is 36.3 Å². The van der Waals surface area contributed by atoms with Crippen LogP contribution in [0, 0.1) is 6.92 Å². The summed E-state index contributed by atoms with van der Waals surface area (Å²) in [4.78, 5) is 37.2. The lowest BCUT2D eigenvalue weighted by molar-refractivity contribution is -0.289. The number of benzene rings is 1. The first-order valence-electron chi connectivity index (χ1n) is 9.45. The zero-order valence-corrected chi connectivity index (χ0v) is 18.3. The lowest BCUT2D eigenvalue weighted by atomic mass is 10.0. The van der Waals surface area contributed by atoms with Gasteiger partial charge in [0, 0.05) is 10.6 Å². The number of hydrogen-bond donors (Lipinski definition) is 0. The van der Waals surface area contributed by atoms with Gasteiger partial charge in [0.1, 0.15) is 6.54 Å². The van der Waals surface area contributed by atoms with E-state index in [1.165, 1.54) is 32.0 Å². The molecule has 7 nitrogen and oxygen atoms in total. The Bertz CT molecular complexity index is 1080. The number of esters is 2. The molecule has 0 aliphatic heterocycles. The summed E-state index contributed by atoms with van der Waals surface area (Å²) in [5.41, 5.74) is -4.32. The molecule has 0 bridgehead atoms. The van der Waals surface area contributed by atoms with E-state index >= 15 is 0 Å². The molecule has 0 aliphatic carbocycles. The fourth-order valence-electron chi connectivity index (χ4n) is 2.76. The maximum Gasteiger partial charge on any atom is 0.458 e. The number of aryl methyl sites for hydroxylation is 1. The average Bonchev–Trinajstić information content (AvgIpc) is 3.09. The van der Waals surface area contributed by atoms with Gasteiger partial charge in [-0.2, -0.15) is 27.1 Å². The van der Waals surface area contributed by atoms with Gasteiger partial charge >= 0.3 is 24.0 Å². The van der Waals surface area contributed by atoms with Crippen LogP contribution >= 0.6 is 11.6 Å². The van der Waals surface area contributed by atoms with Crippen molar-refractivity contribution in [2.45, 2.75) is 39.4 Å². The zero-order valence-electron chi connectivity index (χ0n) is 17.6. The van der Waals surface area contributed by atoms with Gasteiger partial charge in [-0.3, -0.25) is 4.79 Å². The van der Waals surface area contributed by atoms with E-state index < -0.39 is 59.9 Å². The SMILES string of the molecule is CCOC(=O)c1nn(CC(=O)c2ccc(C)c(Cl)c2)c(C(=O)OCC)c1C(F)(F)C(F)(F)F. The van der Waals surface area contributed by atoms with Crippen molar-refractivity contribution in [1.29, 1.82) is 0 Å². The molecule has 1 aromatic carbocycles. The molecule has 1 heterocycles. The molecule has 0 atom stereocenters. The van der Waals surface area contributed by atoms with Gasteiger partial charge in [0.25, 0.3) is 0 Å². The van der Waals surface area contributed by atoms with E-state index in [1.54, 1.807) is 6.92 Å². The third-order valence-corrected chi connectivity index (χ3v) is 4.75. The Balaban J connectivity index is 2.74. The van der Waals surface area contributed by atoms with E-state index in [4.69, 9.17) is 11.6 Å². The van der Waals surface area contributed by atoms with E-state index in [0.29, 0.717) is 5.56 Å². The molecule has 0 amide bonds. The van der Waals surface area contributed by atoms with Crippen LogP contribution in [0.15, 0.2) is 18.2 Å². The first kappa shape index (κ1) is 26.2. The van der Waals surface area contributed by atoms with Crippen molar-refractivity contribution in [2.75, 3.05) is 13.2 Å². The fraction of sp³-hybridized carbons (Fsp3) is 0.400.